The van der Waals surface area contributed by atoms with E-state index in [1.807, 2.05) is 26.0 Å². The molecule has 0 aliphatic heterocycles. The number of aryl methyl sites for hydroxylation is 2. The second-order valence-corrected chi connectivity index (χ2v) is 10.3. The van der Waals surface area contributed by atoms with Crippen LogP contribution in [0, 0.1) is 5.92 Å². The Hall–Kier alpha value is -1.51. The Labute approximate surface area is 210 Å². The first kappa shape index (κ1) is 30.5. The average Bonchev–Trinajstić information content (AvgIpc) is 2.83. The zero-order valence-corrected chi connectivity index (χ0v) is 22.7. The first-order valence-electron chi connectivity index (χ1n) is 14.6. The smallest absolute Gasteiger partial charge is 0.306 e. The molecule has 0 saturated carbocycles. The maximum Gasteiger partial charge on any atom is 0.306 e. The van der Waals surface area contributed by atoms with Gasteiger partial charge in [-0.3, -0.25) is 4.79 Å². The van der Waals surface area contributed by atoms with E-state index in [4.69, 9.17) is 0 Å². The van der Waals surface area contributed by atoms with Crippen LogP contribution >= 0.6 is 0 Å². The van der Waals surface area contributed by atoms with Gasteiger partial charge in [0.15, 0.2) is 0 Å². The highest BCUT2D eigenvalue weighted by Gasteiger charge is 2.19. The molecule has 34 heavy (non-hydrogen) atoms. The number of hydrogen-bond donors (Lipinski definition) is 2. The van der Waals surface area contributed by atoms with Gasteiger partial charge >= 0.3 is 5.97 Å². The van der Waals surface area contributed by atoms with Crippen LogP contribution < -0.4 is 0 Å². The lowest BCUT2D eigenvalue weighted by molar-refractivity contribution is -0.142. The minimum atomic E-state index is -0.690. The Kier molecular flexibility index (Phi) is 17.7. The van der Waals surface area contributed by atoms with E-state index >= 15 is 0 Å². The lowest BCUT2D eigenvalue weighted by Gasteiger charge is -2.15. The predicted molar refractivity (Wildman–Crippen MR) is 146 cm³/mol. The van der Waals surface area contributed by atoms with Gasteiger partial charge in [0.25, 0.3) is 0 Å². The highest BCUT2D eigenvalue weighted by molar-refractivity contribution is 5.70. The Morgan fingerprint density at radius 1 is 0.676 bits per heavy atom. The zero-order valence-electron chi connectivity index (χ0n) is 22.7. The molecule has 0 aliphatic rings. The monoisotopic (exact) mass is 474 g/mol. The van der Waals surface area contributed by atoms with Crippen molar-refractivity contribution in [3.8, 4) is 5.75 Å². The van der Waals surface area contributed by atoms with Crippen molar-refractivity contribution in [1.82, 2.24) is 0 Å². The van der Waals surface area contributed by atoms with Crippen LogP contribution in [0.4, 0.5) is 0 Å². The molecule has 0 saturated heterocycles. The summed E-state index contributed by atoms with van der Waals surface area (Å²) >= 11 is 0. The standard InChI is InChI=1S/C31H54O3/c1-4-7-8-9-10-11-12-13-14-15-16-17-18-19-20-21-22-29(31(33)34)25-26-23-27(5-2)30(32)28(6-3)24-26/h23-24,29,32H,4-22,25H2,1-3H3,(H,33,34). The number of phenolic OH excluding ortho intramolecular Hbond substituents is 1. The summed E-state index contributed by atoms with van der Waals surface area (Å²) in [6.07, 6.45) is 24.2. The van der Waals surface area contributed by atoms with Crippen LogP contribution in [0.25, 0.3) is 0 Å². The minimum Gasteiger partial charge on any atom is -0.507 e. The van der Waals surface area contributed by atoms with Crippen molar-refractivity contribution in [3.05, 3.63) is 28.8 Å². The highest BCUT2D eigenvalue weighted by Crippen LogP contribution is 2.28. The normalized spacial score (nSPS) is 12.2. The van der Waals surface area contributed by atoms with E-state index in [1.165, 1.54) is 89.9 Å². The molecule has 1 rings (SSSR count). The fourth-order valence-electron chi connectivity index (χ4n) is 5.03. The quantitative estimate of drug-likeness (QED) is 0.164. The summed E-state index contributed by atoms with van der Waals surface area (Å²) in [5.41, 5.74) is 2.91. The van der Waals surface area contributed by atoms with Gasteiger partial charge in [0, 0.05) is 0 Å². The molecule has 3 nitrogen and oxygen atoms in total. The van der Waals surface area contributed by atoms with Gasteiger partial charge in [-0.15, -0.1) is 0 Å². The number of carboxylic acid groups (broad SMARTS) is 1. The fourth-order valence-corrected chi connectivity index (χ4v) is 5.03. The van der Waals surface area contributed by atoms with E-state index in [9.17, 15) is 15.0 Å². The number of aliphatic carboxylic acids is 1. The molecule has 1 aromatic carbocycles. The molecule has 0 amide bonds. The van der Waals surface area contributed by atoms with Gasteiger partial charge in [-0.1, -0.05) is 136 Å². The molecule has 196 valence electrons. The van der Waals surface area contributed by atoms with Gasteiger partial charge < -0.3 is 10.2 Å². The zero-order chi connectivity index (χ0) is 25.0. The van der Waals surface area contributed by atoms with Crippen LogP contribution in [0.1, 0.15) is 147 Å². The molecule has 0 spiro atoms. The van der Waals surface area contributed by atoms with Crippen LogP contribution in [0.15, 0.2) is 12.1 Å². The fraction of sp³-hybridized carbons (Fsp3) is 0.774. The van der Waals surface area contributed by atoms with Crippen LogP contribution in [0.3, 0.4) is 0 Å². The molecule has 1 atom stereocenters. The third-order valence-corrected chi connectivity index (χ3v) is 7.33. The van der Waals surface area contributed by atoms with Crippen molar-refractivity contribution >= 4 is 5.97 Å². The van der Waals surface area contributed by atoms with Crippen molar-refractivity contribution in [3.63, 3.8) is 0 Å². The number of rotatable bonds is 22. The Morgan fingerprint density at radius 2 is 1.06 bits per heavy atom. The summed E-state index contributed by atoms with van der Waals surface area (Å²) in [5, 5.41) is 20.0. The van der Waals surface area contributed by atoms with E-state index in [2.05, 4.69) is 6.92 Å². The van der Waals surface area contributed by atoms with Crippen molar-refractivity contribution < 1.29 is 15.0 Å². The first-order chi connectivity index (χ1) is 16.5. The summed E-state index contributed by atoms with van der Waals surface area (Å²) in [6, 6.07) is 4.00. The maximum atomic E-state index is 11.8. The Bertz CT molecular complexity index is 627. The van der Waals surface area contributed by atoms with Gasteiger partial charge in [-0.2, -0.15) is 0 Å². The predicted octanol–water partition coefficient (Wildman–Crippen LogP) is 9.41. The number of hydrogen-bond acceptors (Lipinski definition) is 2. The van der Waals surface area contributed by atoms with Crippen LogP contribution in [0.5, 0.6) is 5.75 Å². The third-order valence-electron chi connectivity index (χ3n) is 7.33. The van der Waals surface area contributed by atoms with Gasteiger partial charge in [0.05, 0.1) is 5.92 Å². The number of carbonyl (C=O) groups is 1. The van der Waals surface area contributed by atoms with E-state index in [0.29, 0.717) is 12.2 Å². The summed E-state index contributed by atoms with van der Waals surface area (Å²) in [5.74, 6) is -0.630. The molecule has 3 heteroatoms. The molecule has 1 aromatic rings. The lowest BCUT2D eigenvalue weighted by Crippen LogP contribution is -2.16. The summed E-state index contributed by atoms with van der Waals surface area (Å²) in [4.78, 5) is 11.8. The van der Waals surface area contributed by atoms with E-state index in [1.54, 1.807) is 0 Å². The lowest BCUT2D eigenvalue weighted by atomic mass is 9.90. The second kappa shape index (κ2) is 19.8. The van der Waals surface area contributed by atoms with Gasteiger partial charge in [0.2, 0.25) is 0 Å². The first-order valence-corrected chi connectivity index (χ1v) is 14.6. The van der Waals surface area contributed by atoms with Crippen LogP contribution in [-0.4, -0.2) is 16.2 Å². The average molecular weight is 475 g/mol. The maximum absolute atomic E-state index is 11.8. The molecule has 0 heterocycles. The third kappa shape index (κ3) is 13.4. The number of phenols is 1. The number of aromatic hydroxyl groups is 1. The minimum absolute atomic E-state index is 0.328. The Morgan fingerprint density at radius 3 is 1.41 bits per heavy atom. The summed E-state index contributed by atoms with van der Waals surface area (Å²) < 4.78 is 0. The summed E-state index contributed by atoms with van der Waals surface area (Å²) in [7, 11) is 0. The van der Waals surface area contributed by atoms with E-state index in [-0.39, 0.29) is 5.92 Å². The van der Waals surface area contributed by atoms with E-state index < -0.39 is 5.97 Å². The number of unbranched alkanes of at least 4 members (excludes halogenated alkanes) is 15. The molecule has 2 N–H and O–H groups in total. The molecule has 0 aromatic heterocycles. The molecule has 0 aliphatic carbocycles. The Balaban J connectivity index is 2.12. The molecular weight excluding hydrogens is 420 g/mol. The highest BCUT2D eigenvalue weighted by atomic mass is 16.4. The van der Waals surface area contributed by atoms with Gasteiger partial charge in [-0.05, 0) is 42.4 Å². The molecule has 1 unspecified atom stereocenters. The van der Waals surface area contributed by atoms with E-state index in [0.717, 1.165) is 48.8 Å². The largest absolute Gasteiger partial charge is 0.507 e. The number of benzene rings is 1. The molecular formula is C31H54O3. The molecule has 0 radical (unpaired) electrons. The van der Waals surface area contributed by atoms with Crippen LogP contribution in [-0.2, 0) is 24.1 Å². The van der Waals surface area contributed by atoms with Crippen molar-refractivity contribution in [2.45, 2.75) is 149 Å². The summed E-state index contributed by atoms with van der Waals surface area (Å²) in [6.45, 7) is 6.34. The van der Waals surface area contributed by atoms with Gasteiger partial charge in [-0.25, -0.2) is 0 Å². The molecule has 0 fully saturated rings. The van der Waals surface area contributed by atoms with Crippen molar-refractivity contribution in [2.75, 3.05) is 0 Å². The second-order valence-electron chi connectivity index (χ2n) is 10.3. The van der Waals surface area contributed by atoms with Gasteiger partial charge in [0.1, 0.15) is 5.75 Å². The topological polar surface area (TPSA) is 57.5 Å². The SMILES string of the molecule is CCCCCCCCCCCCCCCCCCC(Cc1cc(CC)c(O)c(CC)c1)C(=O)O. The molecule has 0 bridgehead atoms. The van der Waals surface area contributed by atoms with Crippen molar-refractivity contribution in [1.29, 1.82) is 0 Å². The van der Waals surface area contributed by atoms with Crippen LogP contribution in [0.2, 0.25) is 0 Å². The van der Waals surface area contributed by atoms with Crippen molar-refractivity contribution in [2.24, 2.45) is 5.92 Å². The number of carboxylic acids is 1.